The molecule has 322 valence electrons. The Morgan fingerprint density at radius 1 is 0.885 bits per heavy atom. The van der Waals surface area contributed by atoms with Crippen LogP contribution in [0.15, 0.2) is 77.9 Å². The molecule has 2 aromatic carbocycles. The zero-order valence-corrected chi connectivity index (χ0v) is 33.8. The zero-order chi connectivity index (χ0) is 42.7. The molecule has 3 aliphatic heterocycles. The fourth-order valence-electron chi connectivity index (χ4n) is 9.39. The number of imide groups is 1. The predicted molar refractivity (Wildman–Crippen MR) is 221 cm³/mol. The average molecular weight is 843 g/mol. The summed E-state index contributed by atoms with van der Waals surface area (Å²) in [5.74, 6) is -6.10. The largest absolute Gasteiger partial charge is 0.374 e. The first-order valence-corrected chi connectivity index (χ1v) is 21.3. The van der Waals surface area contributed by atoms with E-state index in [2.05, 4.69) is 25.9 Å². The molecule has 8 rings (SSSR count). The number of anilines is 2. The molecule has 1 saturated carbocycles. The Hall–Kier alpha value is -5.64. The maximum absolute atomic E-state index is 15.6. The molecule has 0 radical (unpaired) electrons. The van der Waals surface area contributed by atoms with Crippen LogP contribution in [-0.2, 0) is 14.4 Å². The lowest BCUT2D eigenvalue weighted by atomic mass is 9.83. The van der Waals surface area contributed by atoms with Crippen molar-refractivity contribution in [3.8, 4) is 16.9 Å². The van der Waals surface area contributed by atoms with Crippen LogP contribution in [0, 0.1) is 23.5 Å². The standard InChI is InChI=1S/C45H50F4N8O4/c46-36-25-32(51-38-12-13-39(58)53-42(38)60)10-11-34(36)35-17-20-55(27-45(35,48)49)19-14-28-15-21-56(22-16-28)43(61)30-6-3-7-31(23-30)52-44-50-26-37(47)41(54-44)29-5-4-8-33(24-29)57-18-2-1-9-40(57)59/h1-2,4-5,8-11,18,24-26,28,30-31,35,38,51H,3,6-7,12-17,19-23,27H2,(H,50,52,54)(H,53,58,60)/t30-,31+,35?,38?/m1/s1. The molecule has 3 N–H and O–H groups in total. The summed E-state index contributed by atoms with van der Waals surface area (Å²) in [6, 6.07) is 15.0. The van der Waals surface area contributed by atoms with Crippen molar-refractivity contribution in [2.75, 3.05) is 43.4 Å². The molecule has 61 heavy (non-hydrogen) atoms. The predicted octanol–water partition coefficient (Wildman–Crippen LogP) is 6.51. The molecule has 16 heteroatoms. The number of carbonyl (C=O) groups is 3. The zero-order valence-electron chi connectivity index (χ0n) is 33.8. The third-order valence-corrected chi connectivity index (χ3v) is 12.7. The Kier molecular flexibility index (Phi) is 12.5. The second kappa shape index (κ2) is 18.1. The van der Waals surface area contributed by atoms with E-state index in [0.29, 0.717) is 55.5 Å². The van der Waals surface area contributed by atoms with E-state index in [1.165, 1.54) is 22.8 Å². The summed E-state index contributed by atoms with van der Waals surface area (Å²) in [6.07, 6.45) is 8.66. The van der Waals surface area contributed by atoms with Gasteiger partial charge in [0, 0.05) is 60.7 Å². The number of amides is 3. The van der Waals surface area contributed by atoms with Crippen molar-refractivity contribution >= 4 is 29.4 Å². The Balaban J connectivity index is 0.792. The van der Waals surface area contributed by atoms with E-state index in [4.69, 9.17) is 0 Å². The van der Waals surface area contributed by atoms with Gasteiger partial charge in [0.15, 0.2) is 5.82 Å². The van der Waals surface area contributed by atoms with Crippen LogP contribution in [-0.4, -0.2) is 92.8 Å². The number of alkyl halides is 2. The number of likely N-dealkylation sites (tertiary alicyclic amines) is 2. The van der Waals surface area contributed by atoms with Crippen LogP contribution in [0.25, 0.3) is 16.9 Å². The van der Waals surface area contributed by atoms with Gasteiger partial charge in [-0.15, -0.1) is 0 Å². The van der Waals surface area contributed by atoms with E-state index >= 15 is 17.6 Å². The van der Waals surface area contributed by atoms with Gasteiger partial charge < -0.3 is 15.5 Å². The summed E-state index contributed by atoms with van der Waals surface area (Å²) < 4.78 is 62.9. The van der Waals surface area contributed by atoms with Gasteiger partial charge in [-0.25, -0.2) is 27.5 Å². The molecular weight excluding hydrogens is 793 g/mol. The van der Waals surface area contributed by atoms with Crippen LogP contribution in [0.5, 0.6) is 0 Å². The minimum atomic E-state index is -3.14. The first kappa shape index (κ1) is 42.1. The van der Waals surface area contributed by atoms with Crippen molar-refractivity contribution in [2.45, 2.75) is 88.1 Å². The SMILES string of the molecule is O=C1CCC(Nc2ccc(C3CCN(CCC4CCN(C(=O)[C@@H]5CCC[C@H](Nc6ncc(F)c(-c7cccc(-n8ccccc8=O)c7)n6)C5)CC4)CC3(F)F)c(F)c2)C(=O)N1. The highest BCUT2D eigenvalue weighted by molar-refractivity contribution is 6.01. The topological polar surface area (TPSA) is 142 Å². The monoisotopic (exact) mass is 842 g/mol. The minimum absolute atomic E-state index is 0.0462. The van der Waals surface area contributed by atoms with Gasteiger partial charge in [-0.1, -0.05) is 30.7 Å². The first-order chi connectivity index (χ1) is 29.4. The fraction of sp³-hybridized carbons (Fsp3) is 0.467. The molecule has 1 aliphatic carbocycles. The Morgan fingerprint density at radius 3 is 2.49 bits per heavy atom. The maximum Gasteiger partial charge on any atom is 0.267 e. The molecule has 12 nitrogen and oxygen atoms in total. The molecule has 3 amide bonds. The highest BCUT2D eigenvalue weighted by Crippen LogP contribution is 2.42. The summed E-state index contributed by atoms with van der Waals surface area (Å²) in [6.45, 7) is 1.68. The molecule has 0 bridgehead atoms. The Morgan fingerprint density at radius 2 is 1.72 bits per heavy atom. The number of benzene rings is 2. The number of nitrogens with zero attached hydrogens (tertiary/aromatic N) is 5. The highest BCUT2D eigenvalue weighted by Gasteiger charge is 2.46. The summed E-state index contributed by atoms with van der Waals surface area (Å²) >= 11 is 0. The summed E-state index contributed by atoms with van der Waals surface area (Å²) in [7, 11) is 0. The summed E-state index contributed by atoms with van der Waals surface area (Å²) in [5, 5.41) is 8.48. The average Bonchev–Trinajstić information content (AvgIpc) is 3.25. The summed E-state index contributed by atoms with van der Waals surface area (Å²) in [5.41, 5.74) is 1.22. The molecule has 2 aromatic heterocycles. The number of hydrogen-bond donors (Lipinski definition) is 3. The van der Waals surface area contributed by atoms with E-state index in [1.54, 1.807) is 47.5 Å². The fourth-order valence-corrected chi connectivity index (χ4v) is 9.39. The number of carbonyl (C=O) groups excluding carboxylic acids is 3. The van der Waals surface area contributed by atoms with Gasteiger partial charge in [-0.2, -0.15) is 0 Å². The van der Waals surface area contributed by atoms with Crippen molar-refractivity contribution in [3.63, 3.8) is 0 Å². The maximum atomic E-state index is 15.6. The van der Waals surface area contributed by atoms with Crippen LogP contribution >= 0.6 is 0 Å². The van der Waals surface area contributed by atoms with E-state index in [-0.39, 0.29) is 65.8 Å². The van der Waals surface area contributed by atoms with Gasteiger partial charge >= 0.3 is 0 Å². The number of pyridine rings is 1. The van der Waals surface area contributed by atoms with Crippen molar-refractivity contribution in [2.24, 2.45) is 11.8 Å². The molecule has 3 saturated heterocycles. The molecule has 4 atom stereocenters. The van der Waals surface area contributed by atoms with Crippen molar-refractivity contribution < 1.29 is 31.9 Å². The van der Waals surface area contributed by atoms with Gasteiger partial charge in [0.1, 0.15) is 17.6 Å². The number of hydrogen-bond acceptors (Lipinski definition) is 9. The number of rotatable bonds is 11. The Labute approximate surface area is 351 Å². The number of aromatic nitrogens is 3. The lowest BCUT2D eigenvalue weighted by Crippen LogP contribution is -2.48. The van der Waals surface area contributed by atoms with E-state index in [0.717, 1.165) is 50.8 Å². The van der Waals surface area contributed by atoms with Crippen LogP contribution in [0.4, 0.5) is 29.2 Å². The Bertz CT molecular complexity index is 2320. The first-order valence-electron chi connectivity index (χ1n) is 21.3. The van der Waals surface area contributed by atoms with Crippen molar-refractivity contribution in [1.82, 2.24) is 29.7 Å². The smallest absolute Gasteiger partial charge is 0.267 e. The van der Waals surface area contributed by atoms with E-state index in [1.807, 2.05) is 4.90 Å². The van der Waals surface area contributed by atoms with Gasteiger partial charge in [0.05, 0.1) is 18.7 Å². The number of halogens is 4. The van der Waals surface area contributed by atoms with E-state index in [9.17, 15) is 19.2 Å². The normalized spacial score (nSPS) is 23.6. The lowest BCUT2D eigenvalue weighted by molar-refractivity contribution is -0.138. The van der Waals surface area contributed by atoms with Crippen LogP contribution < -0.4 is 21.5 Å². The van der Waals surface area contributed by atoms with E-state index < -0.39 is 42.0 Å². The van der Waals surface area contributed by atoms with Crippen molar-refractivity contribution in [1.29, 1.82) is 0 Å². The summed E-state index contributed by atoms with van der Waals surface area (Å²) in [4.78, 5) is 62.0. The van der Waals surface area contributed by atoms with Crippen molar-refractivity contribution in [3.05, 3.63) is 101 Å². The second-order valence-electron chi connectivity index (χ2n) is 16.9. The van der Waals surface area contributed by atoms with Gasteiger partial charge in [0.2, 0.25) is 23.7 Å². The second-order valence-corrected chi connectivity index (χ2v) is 16.9. The number of nitrogens with one attached hydrogen (secondary N) is 3. The lowest BCUT2D eigenvalue weighted by Gasteiger charge is -2.40. The van der Waals surface area contributed by atoms with Crippen LogP contribution in [0.1, 0.15) is 75.7 Å². The molecule has 5 heterocycles. The third-order valence-electron chi connectivity index (χ3n) is 12.7. The van der Waals surface area contributed by atoms with Gasteiger partial charge in [0.25, 0.3) is 11.5 Å². The number of piperidine rings is 3. The van der Waals surface area contributed by atoms with Gasteiger partial charge in [-0.05, 0) is 106 Å². The third kappa shape index (κ3) is 9.79. The quantitative estimate of drug-likeness (QED) is 0.114. The molecular formula is C45H50F4N8O4. The molecule has 0 spiro atoms. The van der Waals surface area contributed by atoms with Gasteiger partial charge in [-0.3, -0.25) is 34.0 Å². The molecule has 4 fully saturated rings. The van der Waals surface area contributed by atoms with Crippen LogP contribution in [0.2, 0.25) is 0 Å². The molecule has 2 unspecified atom stereocenters. The molecule has 4 aromatic rings. The minimum Gasteiger partial charge on any atom is -0.374 e. The molecule has 4 aliphatic rings. The highest BCUT2D eigenvalue weighted by atomic mass is 19.3. The van der Waals surface area contributed by atoms with Crippen LogP contribution in [0.3, 0.4) is 0 Å².